The summed E-state index contributed by atoms with van der Waals surface area (Å²) < 4.78 is 7.09. The molecule has 1 amide bonds. The van der Waals surface area contributed by atoms with Crippen LogP contribution in [-0.2, 0) is 13.2 Å². The largest absolute Gasteiger partial charge is 0.489 e. The molecule has 2 aromatic carbocycles. The quantitative estimate of drug-likeness (QED) is 0.630. The number of rotatable bonds is 6. The molecule has 0 atom stereocenters. The minimum Gasteiger partial charge on any atom is -0.489 e. The zero-order valence-electron chi connectivity index (χ0n) is 15.8. The molecule has 1 heterocycles. The molecule has 1 fully saturated rings. The van der Waals surface area contributed by atoms with E-state index in [0.717, 1.165) is 53.8 Å². The van der Waals surface area contributed by atoms with Crippen LogP contribution >= 0.6 is 27.5 Å². The summed E-state index contributed by atoms with van der Waals surface area (Å²) in [5, 5.41) is 9.87. The van der Waals surface area contributed by atoms with E-state index in [-0.39, 0.29) is 6.04 Å². The molecule has 0 unspecified atom stereocenters. The van der Waals surface area contributed by atoms with E-state index in [1.165, 1.54) is 4.90 Å². The fraction of sp³-hybridized carbons (Fsp3) is 0.381. The highest BCUT2D eigenvalue weighted by Gasteiger charge is 2.25. The number of carboxylic acid groups (broad SMARTS) is 1. The maximum absolute atomic E-state index is 11.1. The number of amides is 1. The molecule has 1 aliphatic heterocycles. The Kier molecular flexibility index (Phi) is 7.21. The molecular formula is C21H24BrClN2O3. The summed E-state index contributed by atoms with van der Waals surface area (Å²) in [5.41, 5.74) is 2.18. The highest BCUT2D eigenvalue weighted by molar-refractivity contribution is 9.10. The molecule has 0 radical (unpaired) electrons. The molecule has 5 nitrogen and oxygen atoms in total. The average molecular weight is 468 g/mol. The van der Waals surface area contributed by atoms with Gasteiger partial charge in [0.05, 0.1) is 0 Å². The van der Waals surface area contributed by atoms with E-state index < -0.39 is 6.09 Å². The van der Waals surface area contributed by atoms with Gasteiger partial charge >= 0.3 is 6.09 Å². The summed E-state index contributed by atoms with van der Waals surface area (Å²) in [5.74, 6) is 0.864. The summed E-state index contributed by atoms with van der Waals surface area (Å²) in [7, 11) is 1.65. The molecule has 0 aliphatic carbocycles. The van der Waals surface area contributed by atoms with Crippen LogP contribution < -0.4 is 4.74 Å². The Morgan fingerprint density at radius 3 is 2.57 bits per heavy atom. The molecule has 150 valence electrons. The number of hydrogen-bond donors (Lipinski definition) is 1. The van der Waals surface area contributed by atoms with Gasteiger partial charge in [0.1, 0.15) is 12.4 Å². The van der Waals surface area contributed by atoms with E-state index >= 15 is 0 Å². The molecule has 3 rings (SSSR count). The lowest BCUT2D eigenvalue weighted by Crippen LogP contribution is -2.44. The van der Waals surface area contributed by atoms with Gasteiger partial charge in [0.25, 0.3) is 0 Å². The summed E-state index contributed by atoms with van der Waals surface area (Å²) >= 11 is 9.49. The van der Waals surface area contributed by atoms with Gasteiger partial charge < -0.3 is 14.7 Å². The van der Waals surface area contributed by atoms with Crippen molar-refractivity contribution in [2.45, 2.75) is 32.0 Å². The summed E-state index contributed by atoms with van der Waals surface area (Å²) in [4.78, 5) is 14.9. The second kappa shape index (κ2) is 9.63. The fourth-order valence-electron chi connectivity index (χ4n) is 3.42. The van der Waals surface area contributed by atoms with Crippen molar-refractivity contribution < 1.29 is 14.6 Å². The van der Waals surface area contributed by atoms with E-state index in [0.29, 0.717) is 11.6 Å². The second-order valence-corrected chi connectivity index (χ2v) is 8.42. The molecule has 1 aliphatic rings. The summed E-state index contributed by atoms with van der Waals surface area (Å²) in [6, 6.07) is 13.8. The number of piperidine rings is 1. The van der Waals surface area contributed by atoms with Crippen molar-refractivity contribution in [2.75, 3.05) is 20.1 Å². The molecule has 1 N–H and O–H groups in total. The predicted molar refractivity (Wildman–Crippen MR) is 114 cm³/mol. The van der Waals surface area contributed by atoms with Gasteiger partial charge in [-0.25, -0.2) is 4.79 Å². The SMILES string of the molecule is CN(C(=O)O)C1CCN(Cc2cc(Br)ccc2OCc2ccc(Cl)cc2)CC1. The topological polar surface area (TPSA) is 53.0 Å². The normalized spacial score (nSPS) is 15.4. The van der Waals surface area contributed by atoms with Crippen molar-refractivity contribution in [1.82, 2.24) is 9.80 Å². The first-order valence-corrected chi connectivity index (χ1v) is 10.4. The average Bonchev–Trinajstić information content (AvgIpc) is 2.68. The molecule has 0 saturated carbocycles. The van der Waals surface area contributed by atoms with Gasteiger partial charge in [0, 0.05) is 47.8 Å². The standard InChI is InChI=1S/C21H24BrClN2O3/c1-24(21(26)27)19-8-10-25(11-9-19)13-16-12-17(22)4-7-20(16)28-14-15-2-5-18(23)6-3-15/h2-7,12,19H,8-11,13-14H2,1H3,(H,26,27). The minimum atomic E-state index is -0.858. The lowest BCUT2D eigenvalue weighted by atomic mass is 10.0. The van der Waals surface area contributed by atoms with Crippen LogP contribution in [0.3, 0.4) is 0 Å². The molecular weight excluding hydrogens is 444 g/mol. The van der Waals surface area contributed by atoms with Crippen LogP contribution in [0.25, 0.3) is 0 Å². The minimum absolute atomic E-state index is 0.0943. The van der Waals surface area contributed by atoms with E-state index in [9.17, 15) is 4.79 Å². The zero-order valence-corrected chi connectivity index (χ0v) is 18.1. The maximum atomic E-state index is 11.1. The van der Waals surface area contributed by atoms with Gasteiger partial charge in [-0.2, -0.15) is 0 Å². The first-order valence-electron chi connectivity index (χ1n) is 9.26. The van der Waals surface area contributed by atoms with Crippen LogP contribution in [-0.4, -0.2) is 47.2 Å². The van der Waals surface area contributed by atoms with Crippen LogP contribution in [0.15, 0.2) is 46.9 Å². The van der Waals surface area contributed by atoms with Crippen LogP contribution in [0, 0.1) is 0 Å². The van der Waals surface area contributed by atoms with Crippen molar-refractivity contribution in [3.8, 4) is 5.75 Å². The monoisotopic (exact) mass is 466 g/mol. The van der Waals surface area contributed by atoms with Crippen molar-refractivity contribution in [1.29, 1.82) is 0 Å². The smallest absolute Gasteiger partial charge is 0.407 e. The molecule has 0 bridgehead atoms. The third-order valence-electron chi connectivity index (χ3n) is 5.13. The van der Waals surface area contributed by atoms with Gasteiger partial charge in [-0.3, -0.25) is 4.90 Å². The van der Waals surface area contributed by atoms with Crippen molar-refractivity contribution in [2.24, 2.45) is 0 Å². The number of carbonyl (C=O) groups is 1. The Hall–Kier alpha value is -1.76. The summed E-state index contributed by atoms with van der Waals surface area (Å²) in [6.45, 7) is 2.99. The molecule has 28 heavy (non-hydrogen) atoms. The number of likely N-dealkylation sites (tertiary alicyclic amines) is 1. The zero-order chi connectivity index (χ0) is 20.1. The first-order chi connectivity index (χ1) is 13.4. The van der Waals surface area contributed by atoms with E-state index in [4.69, 9.17) is 21.4 Å². The molecule has 0 aromatic heterocycles. The van der Waals surface area contributed by atoms with Crippen LogP contribution in [0.4, 0.5) is 4.79 Å². The number of ether oxygens (including phenoxy) is 1. The van der Waals surface area contributed by atoms with Gasteiger partial charge in [-0.1, -0.05) is 39.7 Å². The van der Waals surface area contributed by atoms with E-state index in [1.807, 2.05) is 36.4 Å². The number of benzene rings is 2. The Morgan fingerprint density at radius 1 is 1.25 bits per heavy atom. The molecule has 2 aromatic rings. The Bertz CT molecular complexity index is 808. The van der Waals surface area contributed by atoms with Crippen LogP contribution in [0.5, 0.6) is 5.75 Å². The number of hydrogen-bond acceptors (Lipinski definition) is 3. The van der Waals surface area contributed by atoms with Gasteiger partial charge in [0.2, 0.25) is 0 Å². The Labute approximate surface area is 179 Å². The third-order valence-corrected chi connectivity index (χ3v) is 5.88. The fourth-order valence-corrected chi connectivity index (χ4v) is 3.95. The van der Waals surface area contributed by atoms with Crippen LogP contribution in [0.2, 0.25) is 5.02 Å². The first kappa shape index (κ1) is 21.0. The number of nitrogens with zero attached hydrogens (tertiary/aromatic N) is 2. The maximum Gasteiger partial charge on any atom is 0.407 e. The Balaban J connectivity index is 1.61. The van der Waals surface area contributed by atoms with Gasteiger partial charge in [-0.05, 0) is 48.7 Å². The second-order valence-electron chi connectivity index (χ2n) is 7.07. The van der Waals surface area contributed by atoms with Crippen molar-refractivity contribution in [3.05, 3.63) is 63.1 Å². The predicted octanol–water partition coefficient (Wildman–Crippen LogP) is 5.26. The van der Waals surface area contributed by atoms with Crippen LogP contribution in [0.1, 0.15) is 24.0 Å². The highest BCUT2D eigenvalue weighted by Crippen LogP contribution is 2.27. The molecule has 1 saturated heterocycles. The lowest BCUT2D eigenvalue weighted by Gasteiger charge is -2.35. The third kappa shape index (κ3) is 5.63. The lowest BCUT2D eigenvalue weighted by molar-refractivity contribution is 0.102. The molecule has 7 heteroatoms. The van der Waals surface area contributed by atoms with E-state index in [1.54, 1.807) is 7.05 Å². The van der Waals surface area contributed by atoms with Crippen molar-refractivity contribution >= 4 is 33.6 Å². The Morgan fingerprint density at radius 2 is 1.93 bits per heavy atom. The number of halogens is 2. The summed E-state index contributed by atoms with van der Waals surface area (Å²) in [6.07, 6.45) is 0.832. The van der Waals surface area contributed by atoms with Gasteiger partial charge in [0.15, 0.2) is 0 Å². The van der Waals surface area contributed by atoms with E-state index in [2.05, 4.69) is 26.9 Å². The highest BCUT2D eigenvalue weighted by atomic mass is 79.9. The van der Waals surface area contributed by atoms with Crippen molar-refractivity contribution in [3.63, 3.8) is 0 Å². The molecule has 0 spiro atoms. The van der Waals surface area contributed by atoms with Gasteiger partial charge in [-0.15, -0.1) is 0 Å².